The van der Waals surface area contributed by atoms with Crippen LogP contribution < -0.4 is 4.90 Å². The normalized spacial score (nSPS) is 16.6. The van der Waals surface area contributed by atoms with Gasteiger partial charge in [0, 0.05) is 19.4 Å². The van der Waals surface area contributed by atoms with Gasteiger partial charge in [0.25, 0.3) is 0 Å². The van der Waals surface area contributed by atoms with Gasteiger partial charge in [0.05, 0.1) is 6.54 Å². The third-order valence-corrected chi connectivity index (χ3v) is 3.54. The van der Waals surface area contributed by atoms with Crippen molar-refractivity contribution < 1.29 is 4.79 Å². The summed E-state index contributed by atoms with van der Waals surface area (Å²) in [5.74, 6) is 1.38. The van der Waals surface area contributed by atoms with Crippen molar-refractivity contribution in [2.45, 2.75) is 44.9 Å². The second kappa shape index (κ2) is 5.94. The van der Waals surface area contributed by atoms with Crippen molar-refractivity contribution in [3.8, 4) is 0 Å². The molecule has 4 nitrogen and oxygen atoms in total. The van der Waals surface area contributed by atoms with Crippen molar-refractivity contribution >= 4 is 11.7 Å². The fraction of sp³-hybridized carbons (Fsp3) is 0.643. The van der Waals surface area contributed by atoms with Crippen LogP contribution in [-0.2, 0) is 4.79 Å². The van der Waals surface area contributed by atoms with E-state index in [1.807, 2.05) is 19.4 Å². The van der Waals surface area contributed by atoms with Crippen LogP contribution in [0.4, 0.5) is 5.95 Å². The molecule has 0 N–H and O–H groups in total. The van der Waals surface area contributed by atoms with Crippen LogP contribution in [0.25, 0.3) is 0 Å². The Balaban J connectivity index is 2.02. The molecule has 0 saturated heterocycles. The second-order valence-corrected chi connectivity index (χ2v) is 5.21. The summed E-state index contributed by atoms with van der Waals surface area (Å²) in [5.41, 5.74) is 1.25. The molecule has 0 aromatic carbocycles. The van der Waals surface area contributed by atoms with Gasteiger partial charge in [0.15, 0.2) is 0 Å². The summed E-state index contributed by atoms with van der Waals surface area (Å²) in [6, 6.07) is 0. The van der Waals surface area contributed by atoms with E-state index in [1.54, 1.807) is 11.8 Å². The second-order valence-electron chi connectivity index (χ2n) is 5.21. The minimum Gasteiger partial charge on any atom is -0.337 e. The van der Waals surface area contributed by atoms with Crippen molar-refractivity contribution in [1.82, 2.24) is 9.97 Å². The number of ketones is 1. The van der Waals surface area contributed by atoms with Gasteiger partial charge in [-0.15, -0.1) is 0 Å². The van der Waals surface area contributed by atoms with Gasteiger partial charge in [-0.3, -0.25) is 4.79 Å². The van der Waals surface area contributed by atoms with Gasteiger partial charge in [-0.2, -0.15) is 0 Å². The van der Waals surface area contributed by atoms with Crippen LogP contribution in [0.1, 0.15) is 50.5 Å². The average Bonchev–Trinajstić information content (AvgIpc) is 2.39. The van der Waals surface area contributed by atoms with Gasteiger partial charge in [0.2, 0.25) is 5.95 Å². The molecule has 2 rings (SSSR count). The lowest BCUT2D eigenvalue weighted by atomic mass is 9.85. The van der Waals surface area contributed by atoms with Gasteiger partial charge in [-0.1, -0.05) is 19.3 Å². The number of aromatic nitrogens is 2. The molecule has 1 fully saturated rings. The highest BCUT2D eigenvalue weighted by Crippen LogP contribution is 2.31. The third kappa shape index (κ3) is 3.28. The van der Waals surface area contributed by atoms with Gasteiger partial charge >= 0.3 is 0 Å². The monoisotopic (exact) mass is 247 g/mol. The zero-order chi connectivity index (χ0) is 13.0. The Morgan fingerprint density at radius 1 is 1.28 bits per heavy atom. The molecule has 0 radical (unpaired) electrons. The fourth-order valence-corrected chi connectivity index (χ4v) is 2.58. The first-order valence-electron chi connectivity index (χ1n) is 6.69. The van der Waals surface area contributed by atoms with Crippen LogP contribution in [-0.4, -0.2) is 29.3 Å². The van der Waals surface area contributed by atoms with E-state index in [0.29, 0.717) is 18.4 Å². The van der Waals surface area contributed by atoms with Gasteiger partial charge < -0.3 is 4.90 Å². The summed E-state index contributed by atoms with van der Waals surface area (Å²) in [7, 11) is 1.84. The number of anilines is 1. The Morgan fingerprint density at radius 3 is 2.44 bits per heavy atom. The molecule has 4 heteroatoms. The minimum absolute atomic E-state index is 0.123. The number of nitrogens with zero attached hydrogens (tertiary/aromatic N) is 3. The van der Waals surface area contributed by atoms with Crippen molar-refractivity contribution in [2.75, 3.05) is 18.5 Å². The van der Waals surface area contributed by atoms with E-state index < -0.39 is 0 Å². The third-order valence-electron chi connectivity index (χ3n) is 3.54. The van der Waals surface area contributed by atoms with Crippen LogP contribution in [0.5, 0.6) is 0 Å². The zero-order valence-electron chi connectivity index (χ0n) is 11.2. The number of hydrogen-bond donors (Lipinski definition) is 0. The lowest BCUT2D eigenvalue weighted by molar-refractivity contribution is -0.115. The van der Waals surface area contributed by atoms with E-state index >= 15 is 0 Å². The number of hydrogen-bond acceptors (Lipinski definition) is 4. The molecule has 1 saturated carbocycles. The molecule has 0 unspecified atom stereocenters. The van der Waals surface area contributed by atoms with Crippen molar-refractivity contribution in [3.63, 3.8) is 0 Å². The Bertz CT molecular complexity index is 396. The van der Waals surface area contributed by atoms with Crippen LogP contribution in [0, 0.1) is 0 Å². The van der Waals surface area contributed by atoms with E-state index in [-0.39, 0.29) is 5.78 Å². The molecule has 1 aromatic rings. The number of likely N-dealkylation sites (N-methyl/N-ethyl adjacent to an activating group) is 1. The van der Waals surface area contributed by atoms with Gasteiger partial charge in [0.1, 0.15) is 5.78 Å². The molecule has 0 bridgehead atoms. The minimum atomic E-state index is 0.123. The van der Waals surface area contributed by atoms with Crippen molar-refractivity contribution in [2.24, 2.45) is 0 Å². The number of Topliss-reactive ketones (excluding diaryl/α,β-unsaturated/α-hetero) is 1. The van der Waals surface area contributed by atoms with Crippen molar-refractivity contribution in [1.29, 1.82) is 0 Å². The lowest BCUT2D eigenvalue weighted by Crippen LogP contribution is -2.25. The summed E-state index contributed by atoms with van der Waals surface area (Å²) in [6.07, 6.45) is 10.4. The molecule has 0 atom stereocenters. The predicted octanol–water partition coefficient (Wildman–Crippen LogP) is 2.55. The molecule has 0 aliphatic heterocycles. The summed E-state index contributed by atoms with van der Waals surface area (Å²) in [6.45, 7) is 1.94. The largest absolute Gasteiger partial charge is 0.337 e. The molecule has 0 amide bonds. The Labute approximate surface area is 108 Å². The fourth-order valence-electron chi connectivity index (χ4n) is 2.58. The average molecular weight is 247 g/mol. The Kier molecular flexibility index (Phi) is 4.28. The molecule has 1 aliphatic rings. The van der Waals surface area contributed by atoms with E-state index in [1.165, 1.54) is 37.7 Å². The molecular weight excluding hydrogens is 226 g/mol. The topological polar surface area (TPSA) is 46.1 Å². The van der Waals surface area contributed by atoms with E-state index in [2.05, 4.69) is 9.97 Å². The van der Waals surface area contributed by atoms with Crippen LogP contribution in [0.15, 0.2) is 12.4 Å². The number of carbonyl (C=O) groups is 1. The zero-order valence-corrected chi connectivity index (χ0v) is 11.2. The van der Waals surface area contributed by atoms with E-state index in [4.69, 9.17) is 0 Å². The first-order valence-corrected chi connectivity index (χ1v) is 6.69. The first kappa shape index (κ1) is 13.0. The highest BCUT2D eigenvalue weighted by molar-refractivity contribution is 5.80. The van der Waals surface area contributed by atoms with E-state index in [9.17, 15) is 4.79 Å². The van der Waals surface area contributed by atoms with Crippen LogP contribution >= 0.6 is 0 Å². The molecule has 18 heavy (non-hydrogen) atoms. The van der Waals surface area contributed by atoms with Crippen LogP contribution in [0.3, 0.4) is 0 Å². The Morgan fingerprint density at radius 2 is 1.89 bits per heavy atom. The molecule has 98 valence electrons. The highest BCUT2D eigenvalue weighted by atomic mass is 16.1. The maximum Gasteiger partial charge on any atom is 0.225 e. The van der Waals surface area contributed by atoms with Crippen molar-refractivity contribution in [3.05, 3.63) is 18.0 Å². The van der Waals surface area contributed by atoms with Crippen LogP contribution in [0.2, 0.25) is 0 Å². The molecule has 1 aliphatic carbocycles. The standard InChI is InChI=1S/C14H21N3O/c1-11(18)10-17(2)14-15-8-13(9-16-14)12-6-4-3-5-7-12/h8-9,12H,3-7,10H2,1-2H3. The number of rotatable bonds is 4. The predicted molar refractivity (Wildman–Crippen MR) is 71.8 cm³/mol. The lowest BCUT2D eigenvalue weighted by Gasteiger charge is -2.22. The first-order chi connectivity index (χ1) is 8.66. The van der Waals surface area contributed by atoms with E-state index in [0.717, 1.165) is 0 Å². The smallest absolute Gasteiger partial charge is 0.225 e. The summed E-state index contributed by atoms with van der Waals surface area (Å²) in [5, 5.41) is 0. The summed E-state index contributed by atoms with van der Waals surface area (Å²) in [4.78, 5) is 21.6. The molecule has 1 aromatic heterocycles. The maximum atomic E-state index is 11.0. The SMILES string of the molecule is CC(=O)CN(C)c1ncc(C2CCCCC2)cn1. The van der Waals surface area contributed by atoms with Gasteiger partial charge in [-0.25, -0.2) is 9.97 Å². The summed E-state index contributed by atoms with van der Waals surface area (Å²) >= 11 is 0. The highest BCUT2D eigenvalue weighted by Gasteiger charge is 2.16. The summed E-state index contributed by atoms with van der Waals surface area (Å²) < 4.78 is 0. The Hall–Kier alpha value is -1.45. The molecular formula is C14H21N3O. The quantitative estimate of drug-likeness (QED) is 0.820. The number of carbonyl (C=O) groups excluding carboxylic acids is 1. The molecule has 1 heterocycles. The maximum absolute atomic E-state index is 11.0. The van der Waals surface area contributed by atoms with Gasteiger partial charge in [-0.05, 0) is 31.2 Å². The molecule has 0 spiro atoms.